The number of hydrogen-bond acceptors (Lipinski definition) is 4. The molecule has 0 bridgehead atoms. The Morgan fingerprint density at radius 2 is 2.15 bits per heavy atom. The molecule has 5 heteroatoms. The van der Waals surface area contributed by atoms with Crippen molar-refractivity contribution in [1.29, 1.82) is 0 Å². The molecule has 0 N–H and O–H groups in total. The summed E-state index contributed by atoms with van der Waals surface area (Å²) in [6.07, 6.45) is 2.62. The molecule has 5 nitrogen and oxygen atoms in total. The number of hydrogen-bond donors (Lipinski definition) is 0. The monoisotopic (exact) mass is 277 g/mol. The first-order valence-electron chi connectivity index (χ1n) is 7.19. The van der Waals surface area contributed by atoms with Crippen LogP contribution in [0.25, 0.3) is 0 Å². The van der Waals surface area contributed by atoms with E-state index in [4.69, 9.17) is 4.74 Å². The maximum Gasteiger partial charge on any atom is 0.255 e. The molecule has 1 saturated heterocycles. The van der Waals surface area contributed by atoms with Crippen molar-refractivity contribution in [2.45, 2.75) is 26.3 Å². The maximum absolute atomic E-state index is 12.3. The molecule has 1 aromatic rings. The van der Waals surface area contributed by atoms with Crippen molar-refractivity contribution in [3.05, 3.63) is 23.9 Å². The zero-order valence-electron chi connectivity index (χ0n) is 12.5. The van der Waals surface area contributed by atoms with Gasteiger partial charge >= 0.3 is 0 Å². The van der Waals surface area contributed by atoms with Gasteiger partial charge in [0.15, 0.2) is 0 Å². The third kappa shape index (κ3) is 3.28. The van der Waals surface area contributed by atoms with Gasteiger partial charge in [0, 0.05) is 32.4 Å². The number of ether oxygens (including phenoxy) is 1. The van der Waals surface area contributed by atoms with E-state index in [0.717, 1.165) is 38.5 Å². The van der Waals surface area contributed by atoms with E-state index >= 15 is 0 Å². The van der Waals surface area contributed by atoms with E-state index in [2.05, 4.69) is 16.8 Å². The normalized spacial score (nSPS) is 16.9. The second kappa shape index (κ2) is 6.70. The standard InChI is InChI=1S/C15H23N3O2/c1-4-12(2)17(3)15(19)13-5-6-14(16-11-13)18-7-9-20-10-8-18/h5-6,11-12H,4,7-10H2,1-3H3/t12-/m1/s1. The number of aromatic nitrogens is 1. The van der Waals surface area contributed by atoms with Crippen molar-refractivity contribution < 1.29 is 9.53 Å². The molecule has 0 aromatic carbocycles. The Labute approximate surface area is 120 Å². The number of morpholine rings is 1. The maximum atomic E-state index is 12.3. The van der Waals surface area contributed by atoms with Crippen LogP contribution < -0.4 is 4.90 Å². The number of amides is 1. The molecule has 2 rings (SSSR count). The van der Waals surface area contributed by atoms with Crippen molar-refractivity contribution in [1.82, 2.24) is 9.88 Å². The lowest BCUT2D eigenvalue weighted by atomic mass is 10.2. The average molecular weight is 277 g/mol. The Morgan fingerprint density at radius 1 is 1.45 bits per heavy atom. The quantitative estimate of drug-likeness (QED) is 0.841. The van der Waals surface area contributed by atoms with Gasteiger partial charge in [-0.15, -0.1) is 0 Å². The lowest BCUT2D eigenvalue weighted by Crippen LogP contribution is -2.37. The molecule has 110 valence electrons. The van der Waals surface area contributed by atoms with Crippen molar-refractivity contribution in [3.63, 3.8) is 0 Å². The van der Waals surface area contributed by atoms with E-state index in [1.165, 1.54) is 0 Å². The number of pyridine rings is 1. The summed E-state index contributed by atoms with van der Waals surface area (Å²) in [5, 5.41) is 0. The number of rotatable bonds is 4. The van der Waals surface area contributed by atoms with E-state index in [1.807, 2.05) is 26.1 Å². The van der Waals surface area contributed by atoms with Gasteiger partial charge in [0.2, 0.25) is 0 Å². The predicted molar refractivity (Wildman–Crippen MR) is 79.1 cm³/mol. The summed E-state index contributed by atoms with van der Waals surface area (Å²) < 4.78 is 5.32. The highest BCUT2D eigenvalue weighted by Gasteiger charge is 2.17. The summed E-state index contributed by atoms with van der Waals surface area (Å²) in [5.41, 5.74) is 0.643. The Kier molecular flexibility index (Phi) is 4.95. The molecule has 2 heterocycles. The Balaban J connectivity index is 2.05. The SMILES string of the molecule is CC[C@@H](C)N(C)C(=O)c1ccc(N2CCOCC2)nc1. The third-order valence-electron chi connectivity index (χ3n) is 3.90. The van der Waals surface area contributed by atoms with Crippen LogP contribution in [0.3, 0.4) is 0 Å². The molecule has 0 spiro atoms. The van der Waals surface area contributed by atoms with Gasteiger partial charge in [-0.1, -0.05) is 6.92 Å². The second-order valence-electron chi connectivity index (χ2n) is 5.18. The van der Waals surface area contributed by atoms with Gasteiger partial charge in [0.1, 0.15) is 5.82 Å². The van der Waals surface area contributed by atoms with E-state index in [0.29, 0.717) is 5.56 Å². The topological polar surface area (TPSA) is 45.7 Å². The van der Waals surface area contributed by atoms with Crippen molar-refractivity contribution in [3.8, 4) is 0 Å². The number of nitrogens with zero attached hydrogens (tertiary/aromatic N) is 3. The van der Waals surface area contributed by atoms with Gasteiger partial charge in [0.25, 0.3) is 5.91 Å². The minimum absolute atomic E-state index is 0.0281. The minimum atomic E-state index is 0.0281. The molecule has 1 atom stereocenters. The highest BCUT2D eigenvalue weighted by atomic mass is 16.5. The fourth-order valence-corrected chi connectivity index (χ4v) is 2.17. The number of anilines is 1. The van der Waals surface area contributed by atoms with Gasteiger partial charge in [-0.05, 0) is 25.5 Å². The highest BCUT2D eigenvalue weighted by Crippen LogP contribution is 2.14. The molecule has 0 unspecified atom stereocenters. The Morgan fingerprint density at radius 3 is 2.70 bits per heavy atom. The molecule has 0 radical (unpaired) electrons. The molecule has 1 fully saturated rings. The molecule has 20 heavy (non-hydrogen) atoms. The molecule has 1 aliphatic rings. The number of carbonyl (C=O) groups excluding carboxylic acids is 1. The summed E-state index contributed by atoms with van der Waals surface area (Å²) in [6, 6.07) is 4.02. The molecule has 1 amide bonds. The van der Waals surface area contributed by atoms with E-state index in [-0.39, 0.29) is 11.9 Å². The van der Waals surface area contributed by atoms with Gasteiger partial charge < -0.3 is 14.5 Å². The second-order valence-corrected chi connectivity index (χ2v) is 5.18. The first kappa shape index (κ1) is 14.8. The Bertz CT molecular complexity index is 441. The van der Waals surface area contributed by atoms with Crippen LogP contribution in [0, 0.1) is 0 Å². The lowest BCUT2D eigenvalue weighted by Gasteiger charge is -2.28. The lowest BCUT2D eigenvalue weighted by molar-refractivity contribution is 0.0740. The smallest absolute Gasteiger partial charge is 0.255 e. The summed E-state index contributed by atoms with van der Waals surface area (Å²) in [6.45, 7) is 7.31. The van der Waals surface area contributed by atoms with Crippen LogP contribution in [0.15, 0.2) is 18.3 Å². The van der Waals surface area contributed by atoms with Gasteiger partial charge in [0.05, 0.1) is 18.8 Å². The van der Waals surface area contributed by atoms with Crippen LogP contribution in [0.2, 0.25) is 0 Å². The molecular weight excluding hydrogens is 254 g/mol. The first-order valence-corrected chi connectivity index (χ1v) is 7.19. The molecule has 0 saturated carbocycles. The predicted octanol–water partition coefficient (Wildman–Crippen LogP) is 1.79. The van der Waals surface area contributed by atoms with E-state index in [1.54, 1.807) is 11.1 Å². The largest absolute Gasteiger partial charge is 0.378 e. The third-order valence-corrected chi connectivity index (χ3v) is 3.90. The summed E-state index contributed by atoms with van der Waals surface area (Å²) in [7, 11) is 1.84. The Hall–Kier alpha value is -1.62. The zero-order valence-corrected chi connectivity index (χ0v) is 12.5. The summed E-state index contributed by atoms with van der Waals surface area (Å²) in [5.74, 6) is 0.941. The summed E-state index contributed by atoms with van der Waals surface area (Å²) in [4.78, 5) is 20.6. The molecule has 0 aliphatic carbocycles. The fraction of sp³-hybridized carbons (Fsp3) is 0.600. The van der Waals surface area contributed by atoms with Crippen LogP contribution >= 0.6 is 0 Å². The van der Waals surface area contributed by atoms with Crippen LogP contribution in [-0.4, -0.2) is 55.2 Å². The summed E-state index contributed by atoms with van der Waals surface area (Å²) >= 11 is 0. The van der Waals surface area contributed by atoms with Crippen LogP contribution in [0.4, 0.5) is 5.82 Å². The van der Waals surface area contributed by atoms with Gasteiger partial charge in [-0.3, -0.25) is 4.79 Å². The zero-order chi connectivity index (χ0) is 14.5. The highest BCUT2D eigenvalue weighted by molar-refractivity contribution is 5.94. The van der Waals surface area contributed by atoms with Gasteiger partial charge in [-0.25, -0.2) is 4.98 Å². The average Bonchev–Trinajstić information content (AvgIpc) is 2.53. The van der Waals surface area contributed by atoms with Crippen molar-refractivity contribution in [2.24, 2.45) is 0 Å². The fourth-order valence-electron chi connectivity index (χ4n) is 2.17. The van der Waals surface area contributed by atoms with Crippen LogP contribution in [0.1, 0.15) is 30.6 Å². The van der Waals surface area contributed by atoms with Crippen molar-refractivity contribution >= 4 is 11.7 Å². The van der Waals surface area contributed by atoms with Gasteiger partial charge in [-0.2, -0.15) is 0 Å². The van der Waals surface area contributed by atoms with Crippen LogP contribution in [-0.2, 0) is 4.74 Å². The minimum Gasteiger partial charge on any atom is -0.378 e. The van der Waals surface area contributed by atoms with Crippen molar-refractivity contribution in [2.75, 3.05) is 38.3 Å². The number of carbonyl (C=O) groups is 1. The molecule has 1 aromatic heterocycles. The first-order chi connectivity index (χ1) is 9.63. The van der Waals surface area contributed by atoms with E-state index in [9.17, 15) is 4.79 Å². The molecule has 1 aliphatic heterocycles. The van der Waals surface area contributed by atoms with E-state index < -0.39 is 0 Å². The van der Waals surface area contributed by atoms with Crippen LogP contribution in [0.5, 0.6) is 0 Å². The molecular formula is C15H23N3O2.